The summed E-state index contributed by atoms with van der Waals surface area (Å²) < 4.78 is 15.6. The first kappa shape index (κ1) is 14.4. The molecule has 1 aromatic heterocycles. The molecule has 4 nitrogen and oxygen atoms in total. The van der Waals surface area contributed by atoms with Crippen LogP contribution >= 0.6 is 11.3 Å². The second-order valence-corrected chi connectivity index (χ2v) is 5.04. The molecule has 0 bridgehead atoms. The van der Waals surface area contributed by atoms with Crippen molar-refractivity contribution in [1.82, 2.24) is 0 Å². The molecule has 0 saturated heterocycles. The topological polar surface area (TPSA) is 44.8 Å². The zero-order valence-electron chi connectivity index (χ0n) is 11.9. The van der Waals surface area contributed by atoms with E-state index in [-0.39, 0.29) is 5.97 Å². The minimum Gasteiger partial charge on any atom is -0.493 e. The Balaban J connectivity index is 2.68. The first-order valence-electron chi connectivity index (χ1n) is 6.01. The average Bonchev–Trinajstić information content (AvgIpc) is 2.86. The van der Waals surface area contributed by atoms with Gasteiger partial charge in [-0.3, -0.25) is 0 Å². The van der Waals surface area contributed by atoms with E-state index in [1.165, 1.54) is 18.4 Å². The summed E-state index contributed by atoms with van der Waals surface area (Å²) in [6.45, 7) is 1.96. The van der Waals surface area contributed by atoms with Crippen molar-refractivity contribution in [2.24, 2.45) is 0 Å². The van der Waals surface area contributed by atoms with Gasteiger partial charge in [0.15, 0.2) is 11.5 Å². The number of aryl methyl sites for hydroxylation is 1. The van der Waals surface area contributed by atoms with Crippen molar-refractivity contribution in [3.63, 3.8) is 0 Å². The monoisotopic (exact) mass is 292 g/mol. The van der Waals surface area contributed by atoms with Crippen LogP contribution in [0.15, 0.2) is 23.6 Å². The Bertz CT molecular complexity index is 631. The van der Waals surface area contributed by atoms with E-state index >= 15 is 0 Å². The van der Waals surface area contributed by atoms with E-state index < -0.39 is 0 Å². The molecule has 0 fully saturated rings. The Morgan fingerprint density at radius 1 is 1.15 bits per heavy atom. The van der Waals surface area contributed by atoms with Gasteiger partial charge in [0.2, 0.25) is 0 Å². The lowest BCUT2D eigenvalue weighted by molar-refractivity contribution is 0.0607. The third-order valence-electron chi connectivity index (χ3n) is 3.02. The van der Waals surface area contributed by atoms with Gasteiger partial charge in [0.25, 0.3) is 0 Å². The van der Waals surface area contributed by atoms with Crippen molar-refractivity contribution in [3.8, 4) is 22.6 Å². The number of hydrogen-bond acceptors (Lipinski definition) is 5. The average molecular weight is 292 g/mol. The summed E-state index contributed by atoms with van der Waals surface area (Å²) in [4.78, 5) is 12.5. The molecule has 20 heavy (non-hydrogen) atoms. The van der Waals surface area contributed by atoms with Crippen molar-refractivity contribution in [2.45, 2.75) is 6.92 Å². The first-order valence-corrected chi connectivity index (χ1v) is 6.89. The molecule has 2 rings (SSSR count). The first-order chi connectivity index (χ1) is 9.63. The highest BCUT2D eigenvalue weighted by Crippen LogP contribution is 2.42. The van der Waals surface area contributed by atoms with E-state index in [1.807, 2.05) is 30.5 Å². The van der Waals surface area contributed by atoms with Crippen LogP contribution in [0.5, 0.6) is 11.5 Å². The number of carbonyl (C=O) groups is 1. The minimum absolute atomic E-state index is 0.344. The summed E-state index contributed by atoms with van der Waals surface area (Å²) >= 11 is 1.37. The van der Waals surface area contributed by atoms with Crippen molar-refractivity contribution in [1.29, 1.82) is 0 Å². The summed E-state index contributed by atoms with van der Waals surface area (Å²) in [6.07, 6.45) is 0. The predicted molar refractivity (Wildman–Crippen MR) is 78.9 cm³/mol. The van der Waals surface area contributed by atoms with E-state index in [4.69, 9.17) is 14.2 Å². The molecular weight excluding hydrogens is 276 g/mol. The van der Waals surface area contributed by atoms with Gasteiger partial charge in [0.1, 0.15) is 4.88 Å². The number of carbonyl (C=O) groups excluding carboxylic acids is 1. The van der Waals surface area contributed by atoms with Crippen molar-refractivity contribution >= 4 is 17.3 Å². The molecule has 0 radical (unpaired) electrons. The van der Waals surface area contributed by atoms with Crippen LogP contribution in [-0.2, 0) is 4.74 Å². The Labute approximate surface area is 121 Å². The van der Waals surface area contributed by atoms with Gasteiger partial charge in [0.05, 0.1) is 21.3 Å². The molecule has 0 spiro atoms. The second-order valence-electron chi connectivity index (χ2n) is 4.16. The molecule has 2 aromatic rings. The fourth-order valence-electron chi connectivity index (χ4n) is 2.11. The van der Waals surface area contributed by atoms with Crippen LogP contribution < -0.4 is 9.47 Å². The maximum Gasteiger partial charge on any atom is 0.348 e. The highest BCUT2D eigenvalue weighted by Gasteiger charge is 2.22. The zero-order valence-corrected chi connectivity index (χ0v) is 12.7. The summed E-state index contributed by atoms with van der Waals surface area (Å²) in [6, 6.07) is 5.60. The summed E-state index contributed by atoms with van der Waals surface area (Å²) in [5.74, 6) is 0.899. The van der Waals surface area contributed by atoms with Crippen LogP contribution in [0.3, 0.4) is 0 Å². The van der Waals surface area contributed by atoms with Crippen molar-refractivity contribution in [3.05, 3.63) is 34.0 Å². The molecule has 0 saturated carbocycles. The number of ether oxygens (including phenoxy) is 3. The van der Waals surface area contributed by atoms with Gasteiger partial charge in [-0.25, -0.2) is 4.79 Å². The van der Waals surface area contributed by atoms with Crippen LogP contribution in [0, 0.1) is 6.92 Å². The maximum absolute atomic E-state index is 11.9. The number of benzene rings is 1. The van der Waals surface area contributed by atoms with E-state index in [0.29, 0.717) is 16.4 Å². The standard InChI is InChI=1S/C15H16O4S/c1-9-8-20-14(15(16)19-4)12(9)10-6-5-7-11(17-2)13(10)18-3/h5-8H,1-4H3. The second kappa shape index (κ2) is 5.96. The Kier molecular flexibility index (Phi) is 4.29. The third-order valence-corrected chi connectivity index (χ3v) is 4.10. The maximum atomic E-state index is 11.9. The fraction of sp³-hybridized carbons (Fsp3) is 0.267. The highest BCUT2D eigenvalue weighted by molar-refractivity contribution is 7.12. The zero-order chi connectivity index (χ0) is 14.7. The molecule has 1 heterocycles. The van der Waals surface area contributed by atoms with Crippen molar-refractivity contribution < 1.29 is 19.0 Å². The van der Waals surface area contributed by atoms with E-state index in [2.05, 4.69) is 0 Å². The number of para-hydroxylation sites is 1. The largest absolute Gasteiger partial charge is 0.493 e. The van der Waals surface area contributed by atoms with Gasteiger partial charge in [-0.1, -0.05) is 12.1 Å². The Hall–Kier alpha value is -2.01. The smallest absolute Gasteiger partial charge is 0.348 e. The third kappa shape index (κ3) is 2.36. The van der Waals surface area contributed by atoms with Crippen LogP contribution in [-0.4, -0.2) is 27.3 Å². The molecule has 0 atom stereocenters. The lowest BCUT2D eigenvalue weighted by Gasteiger charge is -2.13. The molecule has 0 aliphatic rings. The number of esters is 1. The van der Waals surface area contributed by atoms with Crippen molar-refractivity contribution in [2.75, 3.05) is 21.3 Å². The molecule has 0 aliphatic carbocycles. The Morgan fingerprint density at radius 3 is 2.50 bits per heavy atom. The quantitative estimate of drug-likeness (QED) is 0.809. The molecular formula is C15H16O4S. The molecule has 0 amide bonds. The lowest BCUT2D eigenvalue weighted by Crippen LogP contribution is -2.01. The van der Waals surface area contributed by atoms with E-state index in [9.17, 15) is 4.79 Å². The normalized spacial score (nSPS) is 10.2. The van der Waals surface area contributed by atoms with Gasteiger partial charge < -0.3 is 14.2 Å². The summed E-state index contributed by atoms with van der Waals surface area (Å²) in [5, 5.41) is 1.93. The van der Waals surface area contributed by atoms with Gasteiger partial charge in [-0.2, -0.15) is 0 Å². The molecule has 106 valence electrons. The van der Waals surface area contributed by atoms with Crippen LogP contribution in [0.1, 0.15) is 15.2 Å². The van der Waals surface area contributed by atoms with Gasteiger partial charge >= 0.3 is 5.97 Å². The number of rotatable bonds is 4. The van der Waals surface area contributed by atoms with Crippen LogP contribution in [0.2, 0.25) is 0 Å². The fourth-order valence-corrected chi connectivity index (χ4v) is 3.09. The number of thiophene rings is 1. The van der Waals surface area contributed by atoms with Gasteiger partial charge in [-0.05, 0) is 23.9 Å². The molecule has 0 N–H and O–H groups in total. The number of methoxy groups -OCH3 is 3. The summed E-state index contributed by atoms with van der Waals surface area (Å²) in [7, 11) is 4.55. The van der Waals surface area contributed by atoms with Gasteiger partial charge in [0, 0.05) is 11.1 Å². The summed E-state index contributed by atoms with van der Waals surface area (Å²) in [5.41, 5.74) is 2.66. The lowest BCUT2D eigenvalue weighted by atomic mass is 10.0. The van der Waals surface area contributed by atoms with E-state index in [1.54, 1.807) is 14.2 Å². The molecule has 5 heteroatoms. The minimum atomic E-state index is -0.344. The van der Waals surface area contributed by atoms with E-state index in [0.717, 1.165) is 16.7 Å². The molecule has 0 unspecified atom stereocenters. The van der Waals surface area contributed by atoms with Gasteiger partial charge in [-0.15, -0.1) is 11.3 Å². The SMILES string of the molecule is COC(=O)c1scc(C)c1-c1cccc(OC)c1OC. The molecule has 1 aromatic carbocycles. The number of hydrogen-bond donors (Lipinski definition) is 0. The molecule has 0 aliphatic heterocycles. The van der Waals surface area contributed by atoms with Crippen LogP contribution in [0.4, 0.5) is 0 Å². The highest BCUT2D eigenvalue weighted by atomic mass is 32.1. The predicted octanol–water partition coefficient (Wildman–Crippen LogP) is 3.53. The Morgan fingerprint density at radius 2 is 1.90 bits per heavy atom. The van der Waals surface area contributed by atoms with Crippen LogP contribution in [0.25, 0.3) is 11.1 Å².